The first-order valence-electron chi connectivity index (χ1n) is 9.88. The van der Waals surface area contributed by atoms with E-state index in [1.807, 2.05) is 12.1 Å². The van der Waals surface area contributed by atoms with Gasteiger partial charge in [0.05, 0.1) is 20.3 Å². The van der Waals surface area contributed by atoms with E-state index in [2.05, 4.69) is 46.7 Å². The van der Waals surface area contributed by atoms with Crippen LogP contribution in [0.2, 0.25) is 0 Å². The third kappa shape index (κ3) is 4.89. The van der Waals surface area contributed by atoms with Crippen molar-refractivity contribution in [1.82, 2.24) is 9.29 Å². The fourth-order valence-electron chi connectivity index (χ4n) is 4.10. The van der Waals surface area contributed by atoms with Gasteiger partial charge >= 0.3 is 0 Å². The second-order valence-corrected chi connectivity index (χ2v) is 8.42. The van der Waals surface area contributed by atoms with Gasteiger partial charge in [0, 0.05) is 35.0 Å². The summed E-state index contributed by atoms with van der Waals surface area (Å²) in [4.78, 5) is 3.35. The normalized spacial score (nSPS) is 22.4. The van der Waals surface area contributed by atoms with E-state index >= 15 is 0 Å². The summed E-state index contributed by atoms with van der Waals surface area (Å²) in [5.41, 5.74) is 4.88. The third-order valence-corrected chi connectivity index (χ3v) is 6.57. The van der Waals surface area contributed by atoms with Crippen LogP contribution in [0.4, 0.5) is 0 Å². The number of benzene rings is 1. The number of rotatable bonds is 7. The monoisotopic (exact) mass is 414 g/mol. The molecule has 6 heteroatoms. The fourth-order valence-corrected chi connectivity index (χ4v) is 5.03. The number of allylic oxidation sites excluding steroid dienone is 2. The molecule has 1 saturated heterocycles. The lowest BCUT2D eigenvalue weighted by Gasteiger charge is -2.37. The van der Waals surface area contributed by atoms with Gasteiger partial charge in [-0.1, -0.05) is 24.3 Å². The van der Waals surface area contributed by atoms with E-state index in [4.69, 9.17) is 9.47 Å². The summed E-state index contributed by atoms with van der Waals surface area (Å²) >= 11 is -1.03. The van der Waals surface area contributed by atoms with Crippen LogP contribution in [0.25, 0.3) is 10.9 Å². The second kappa shape index (κ2) is 10.1. The van der Waals surface area contributed by atoms with Crippen molar-refractivity contribution in [2.75, 3.05) is 27.0 Å². The van der Waals surface area contributed by atoms with Gasteiger partial charge in [0.15, 0.2) is 5.76 Å². The molecule has 1 aliphatic rings. The molecule has 29 heavy (non-hydrogen) atoms. The molecule has 1 aromatic carbocycles. The van der Waals surface area contributed by atoms with Crippen LogP contribution in [-0.4, -0.2) is 46.9 Å². The molecule has 1 N–H and O–H groups in total. The molecule has 156 valence electrons. The highest BCUT2D eigenvalue weighted by molar-refractivity contribution is 7.88. The molecule has 0 bridgehead atoms. The Morgan fingerprint density at radius 3 is 2.83 bits per heavy atom. The zero-order chi connectivity index (χ0) is 20.8. The van der Waals surface area contributed by atoms with E-state index in [0.29, 0.717) is 5.76 Å². The minimum Gasteiger partial charge on any atom is -0.598 e. The summed E-state index contributed by atoms with van der Waals surface area (Å²) in [5.74, 6) is 0.684. The van der Waals surface area contributed by atoms with Crippen molar-refractivity contribution in [2.24, 2.45) is 0 Å². The predicted molar refractivity (Wildman–Crippen MR) is 120 cm³/mol. The number of piperidine rings is 1. The van der Waals surface area contributed by atoms with Crippen LogP contribution >= 0.6 is 0 Å². The molecule has 5 nitrogen and oxygen atoms in total. The Morgan fingerprint density at radius 2 is 2.14 bits per heavy atom. The molecule has 2 aromatic rings. The summed E-state index contributed by atoms with van der Waals surface area (Å²) < 4.78 is 25.1. The summed E-state index contributed by atoms with van der Waals surface area (Å²) in [7, 11) is 3.25. The molecule has 2 atom stereocenters. The van der Waals surface area contributed by atoms with Crippen LogP contribution in [0.1, 0.15) is 25.3 Å². The van der Waals surface area contributed by atoms with E-state index in [-0.39, 0.29) is 6.04 Å². The molecule has 0 amide bonds. The Morgan fingerprint density at radius 1 is 1.34 bits per heavy atom. The van der Waals surface area contributed by atoms with E-state index in [1.165, 1.54) is 22.1 Å². The number of methoxy groups -OCH3 is 2. The van der Waals surface area contributed by atoms with Gasteiger partial charge in [0.25, 0.3) is 0 Å². The SMILES string of the molecule is CC=C1/C(=C\C(=C\OC)OC)CCN([S+](C)[O-])[C@H]1CCc1c[nH]c2ccccc12. The predicted octanol–water partition coefficient (Wildman–Crippen LogP) is 4.48. The van der Waals surface area contributed by atoms with Crippen molar-refractivity contribution in [1.29, 1.82) is 0 Å². The Kier molecular flexibility index (Phi) is 7.47. The van der Waals surface area contributed by atoms with E-state index < -0.39 is 11.4 Å². The Hall–Kier alpha value is -2.15. The van der Waals surface area contributed by atoms with Gasteiger partial charge < -0.3 is 19.0 Å². The smallest absolute Gasteiger partial charge is 0.153 e. The van der Waals surface area contributed by atoms with Crippen LogP contribution in [0, 0.1) is 0 Å². The standard InChI is InChI=1S/C23H30N2O3S/c1-5-20-17(14-19(28-3)16-27-2)12-13-25(29(4)26)23(20)11-10-18-15-24-22-9-7-6-8-21(18)22/h5-9,14-16,23-24H,10-13H2,1-4H3/b17-14-,19-16-,20-5?/t23-,29?/m0/s1. The van der Waals surface area contributed by atoms with Crippen molar-refractivity contribution >= 4 is 22.3 Å². The number of hydrogen-bond donors (Lipinski definition) is 1. The molecular weight excluding hydrogens is 384 g/mol. The first kappa shape index (κ1) is 21.6. The molecule has 3 rings (SSSR count). The number of aromatic amines is 1. The minimum atomic E-state index is -1.03. The molecule has 0 aliphatic carbocycles. The number of aromatic nitrogens is 1. The lowest BCUT2D eigenvalue weighted by atomic mass is 9.87. The molecule has 0 saturated carbocycles. The van der Waals surface area contributed by atoms with Crippen LogP contribution in [-0.2, 0) is 27.3 Å². The van der Waals surface area contributed by atoms with Crippen molar-refractivity contribution in [3.63, 3.8) is 0 Å². The van der Waals surface area contributed by atoms with E-state index in [1.54, 1.807) is 26.7 Å². The largest absolute Gasteiger partial charge is 0.598 e. The van der Waals surface area contributed by atoms with Crippen LogP contribution in [0.15, 0.2) is 65.8 Å². The zero-order valence-electron chi connectivity index (χ0n) is 17.6. The van der Waals surface area contributed by atoms with E-state index in [0.717, 1.165) is 31.3 Å². The molecule has 1 unspecified atom stereocenters. The molecule has 1 aromatic heterocycles. The molecular formula is C23H30N2O3S. The lowest BCUT2D eigenvalue weighted by molar-refractivity contribution is 0.260. The average Bonchev–Trinajstić information content (AvgIpc) is 3.14. The van der Waals surface area contributed by atoms with Crippen molar-refractivity contribution in [3.05, 3.63) is 71.3 Å². The van der Waals surface area contributed by atoms with Crippen molar-refractivity contribution in [3.8, 4) is 0 Å². The molecule has 0 radical (unpaired) electrons. The molecule has 1 aliphatic heterocycles. The van der Waals surface area contributed by atoms with Crippen LogP contribution in [0.3, 0.4) is 0 Å². The number of ether oxygens (including phenoxy) is 2. The summed E-state index contributed by atoms with van der Waals surface area (Å²) in [5, 5.41) is 1.26. The Balaban J connectivity index is 1.87. The highest BCUT2D eigenvalue weighted by Crippen LogP contribution is 2.34. The average molecular weight is 415 g/mol. The topological polar surface area (TPSA) is 60.6 Å². The number of fused-ring (bicyclic) bond motifs is 1. The van der Waals surface area contributed by atoms with Crippen LogP contribution < -0.4 is 0 Å². The van der Waals surface area contributed by atoms with Gasteiger partial charge in [-0.25, -0.2) is 0 Å². The zero-order valence-corrected chi connectivity index (χ0v) is 18.4. The van der Waals surface area contributed by atoms with E-state index in [9.17, 15) is 4.55 Å². The van der Waals surface area contributed by atoms with Crippen molar-refractivity contribution < 1.29 is 14.0 Å². The Labute approximate surface area is 176 Å². The molecule has 0 spiro atoms. The number of H-pyrrole nitrogens is 1. The first-order chi connectivity index (χ1) is 14.1. The maximum absolute atomic E-state index is 12.5. The fraction of sp³-hybridized carbons (Fsp3) is 0.391. The van der Waals surface area contributed by atoms with Gasteiger partial charge in [-0.15, -0.1) is 4.31 Å². The third-order valence-electron chi connectivity index (χ3n) is 5.47. The maximum atomic E-state index is 12.5. The number of para-hydroxylation sites is 1. The quantitative estimate of drug-likeness (QED) is 0.536. The highest BCUT2D eigenvalue weighted by Gasteiger charge is 2.35. The van der Waals surface area contributed by atoms with Gasteiger partial charge in [0.2, 0.25) is 0 Å². The number of hydrogen-bond acceptors (Lipinski definition) is 4. The summed E-state index contributed by atoms with van der Waals surface area (Å²) in [6, 6.07) is 8.46. The maximum Gasteiger partial charge on any atom is 0.153 e. The lowest BCUT2D eigenvalue weighted by Crippen LogP contribution is -2.45. The second-order valence-electron chi connectivity index (χ2n) is 7.10. The number of aryl methyl sites for hydroxylation is 1. The number of nitrogens with zero attached hydrogens (tertiary/aromatic N) is 1. The molecule has 2 heterocycles. The summed E-state index contributed by atoms with van der Waals surface area (Å²) in [6.07, 6.45) is 12.3. The van der Waals surface area contributed by atoms with Gasteiger partial charge in [-0.05, 0) is 55.0 Å². The summed E-state index contributed by atoms with van der Waals surface area (Å²) in [6.45, 7) is 2.81. The highest BCUT2D eigenvalue weighted by atomic mass is 32.2. The minimum absolute atomic E-state index is 0.0974. The van der Waals surface area contributed by atoms with Gasteiger partial charge in [-0.2, -0.15) is 0 Å². The van der Waals surface area contributed by atoms with Crippen molar-refractivity contribution in [2.45, 2.75) is 32.2 Å². The molecule has 1 fully saturated rings. The van der Waals surface area contributed by atoms with Crippen LogP contribution in [0.5, 0.6) is 0 Å². The van der Waals surface area contributed by atoms with Gasteiger partial charge in [0.1, 0.15) is 12.5 Å². The van der Waals surface area contributed by atoms with Gasteiger partial charge in [-0.3, -0.25) is 0 Å². The number of nitrogens with one attached hydrogen (secondary N) is 1. The Bertz CT molecular complexity index is 914. The first-order valence-corrected chi connectivity index (χ1v) is 11.4.